The van der Waals surface area contributed by atoms with Gasteiger partial charge in [-0.3, -0.25) is 15.0 Å². The Balaban J connectivity index is 1.69. The van der Waals surface area contributed by atoms with Gasteiger partial charge in [-0.05, 0) is 140 Å². The summed E-state index contributed by atoms with van der Waals surface area (Å²) < 4.78 is 0. The standard InChI is InChI=1S/C46H56BN3/c1-11-30(3)38(40-22-13-16-25-48-40)21-19-20-31(4)39(12-2)47(45-34(7)28-32(5)43(36(45)9)41-23-14-17-26-49-41)46-35(8)29-33(6)44(37(46)10)42-24-15-18-27-50-42/h13-18,22-29,32,43H,11-12,19-21H2,1-10H3/b38-30+,39-31+. The van der Waals surface area contributed by atoms with Crippen molar-refractivity contribution in [3.05, 3.63) is 147 Å². The first-order chi connectivity index (χ1) is 24.1. The van der Waals surface area contributed by atoms with E-state index in [2.05, 4.69) is 118 Å². The topological polar surface area (TPSA) is 38.7 Å². The molecular weight excluding hydrogens is 605 g/mol. The van der Waals surface area contributed by atoms with Crippen molar-refractivity contribution in [2.45, 2.75) is 107 Å². The zero-order chi connectivity index (χ0) is 35.9. The van der Waals surface area contributed by atoms with Crippen LogP contribution in [0.15, 0.2) is 119 Å². The smallest absolute Gasteiger partial charge is 0.238 e. The summed E-state index contributed by atoms with van der Waals surface area (Å²) in [7, 11) is 0. The fourth-order valence-corrected chi connectivity index (χ4v) is 8.76. The van der Waals surface area contributed by atoms with Gasteiger partial charge in [-0.2, -0.15) is 0 Å². The SMILES string of the molecule is CC/C(B(C1=C(C)C(c2ccccn2)C(C)C=C1C)c1c(C)cc(C)c(-c2ccccn2)c1C)=C(/C)CCC/C(=C(/C)CC)c1ccccn1. The molecule has 0 fully saturated rings. The van der Waals surface area contributed by atoms with Crippen LogP contribution in [-0.4, -0.2) is 21.7 Å². The van der Waals surface area contributed by atoms with Gasteiger partial charge in [0.1, 0.15) is 0 Å². The zero-order valence-corrected chi connectivity index (χ0v) is 32.2. The number of benzene rings is 1. The molecule has 4 aromatic rings. The Morgan fingerprint density at radius 2 is 1.42 bits per heavy atom. The van der Waals surface area contributed by atoms with E-state index in [-0.39, 0.29) is 12.6 Å². The van der Waals surface area contributed by atoms with Gasteiger partial charge in [0.25, 0.3) is 0 Å². The van der Waals surface area contributed by atoms with Crippen molar-refractivity contribution in [2.75, 3.05) is 0 Å². The second-order valence-corrected chi connectivity index (χ2v) is 14.4. The van der Waals surface area contributed by atoms with E-state index in [4.69, 9.17) is 15.0 Å². The molecular formula is C46H56BN3. The highest BCUT2D eigenvalue weighted by molar-refractivity contribution is 6.87. The van der Waals surface area contributed by atoms with Crippen LogP contribution in [0.2, 0.25) is 0 Å². The lowest BCUT2D eigenvalue weighted by Gasteiger charge is -2.36. The summed E-state index contributed by atoms with van der Waals surface area (Å²) in [5, 5.41) is 0. The van der Waals surface area contributed by atoms with Crippen LogP contribution in [0.4, 0.5) is 0 Å². The molecule has 1 aromatic carbocycles. The van der Waals surface area contributed by atoms with Crippen molar-refractivity contribution in [2.24, 2.45) is 5.92 Å². The minimum Gasteiger partial charge on any atom is -0.261 e. The molecule has 0 spiro atoms. The Kier molecular flexibility index (Phi) is 12.3. The summed E-state index contributed by atoms with van der Waals surface area (Å²) in [6, 6.07) is 21.3. The number of nitrogens with zero attached hydrogens (tertiary/aromatic N) is 3. The molecule has 1 aliphatic rings. The van der Waals surface area contributed by atoms with Crippen molar-refractivity contribution in [3.8, 4) is 11.3 Å². The third-order valence-electron chi connectivity index (χ3n) is 11.2. The molecule has 0 amide bonds. The molecule has 0 radical (unpaired) electrons. The third kappa shape index (κ3) is 7.70. The maximum Gasteiger partial charge on any atom is 0.238 e. The second-order valence-electron chi connectivity index (χ2n) is 14.4. The van der Waals surface area contributed by atoms with E-state index in [0.717, 1.165) is 49.2 Å². The second kappa shape index (κ2) is 16.6. The average molecular weight is 662 g/mol. The first kappa shape index (κ1) is 37.0. The summed E-state index contributed by atoms with van der Waals surface area (Å²) >= 11 is 0. The molecule has 3 nitrogen and oxygen atoms in total. The van der Waals surface area contributed by atoms with Crippen LogP contribution in [0.1, 0.15) is 115 Å². The van der Waals surface area contributed by atoms with Gasteiger partial charge in [-0.25, -0.2) is 0 Å². The normalized spacial score (nSPS) is 17.3. The van der Waals surface area contributed by atoms with Gasteiger partial charge in [0.05, 0.1) is 11.4 Å². The van der Waals surface area contributed by atoms with E-state index in [1.807, 2.05) is 36.8 Å². The van der Waals surface area contributed by atoms with Gasteiger partial charge >= 0.3 is 0 Å². The Bertz CT molecular complexity index is 1920. The largest absolute Gasteiger partial charge is 0.261 e. The predicted molar refractivity (Wildman–Crippen MR) is 216 cm³/mol. The summed E-state index contributed by atoms with van der Waals surface area (Å²) in [6.45, 7) is 23.4. The number of hydrogen-bond donors (Lipinski definition) is 0. The maximum absolute atomic E-state index is 4.91. The fraction of sp³-hybridized carbons (Fsp3) is 0.370. The van der Waals surface area contributed by atoms with E-state index < -0.39 is 0 Å². The van der Waals surface area contributed by atoms with Gasteiger partial charge in [0.2, 0.25) is 6.71 Å². The van der Waals surface area contributed by atoms with E-state index >= 15 is 0 Å². The third-order valence-corrected chi connectivity index (χ3v) is 11.2. The molecule has 2 atom stereocenters. The van der Waals surface area contributed by atoms with Crippen LogP contribution in [0.3, 0.4) is 0 Å². The highest BCUT2D eigenvalue weighted by atomic mass is 14.7. The first-order valence-electron chi connectivity index (χ1n) is 18.7. The molecule has 0 saturated heterocycles. The van der Waals surface area contributed by atoms with Crippen molar-refractivity contribution in [3.63, 3.8) is 0 Å². The van der Waals surface area contributed by atoms with Crippen LogP contribution in [0, 0.1) is 26.7 Å². The Morgan fingerprint density at radius 3 is 2.02 bits per heavy atom. The van der Waals surface area contributed by atoms with Gasteiger partial charge < -0.3 is 0 Å². The highest BCUT2D eigenvalue weighted by Crippen LogP contribution is 2.43. The average Bonchev–Trinajstić information content (AvgIpc) is 3.11. The summed E-state index contributed by atoms with van der Waals surface area (Å²) in [5.41, 5.74) is 20.2. The zero-order valence-electron chi connectivity index (χ0n) is 32.2. The number of aryl methyl sites for hydroxylation is 2. The number of rotatable bonds is 12. The summed E-state index contributed by atoms with van der Waals surface area (Å²) in [4.78, 5) is 14.5. The number of pyridine rings is 3. The molecule has 0 bridgehead atoms. The van der Waals surface area contributed by atoms with E-state index in [1.54, 1.807) is 5.47 Å². The maximum atomic E-state index is 4.91. The summed E-state index contributed by atoms with van der Waals surface area (Å²) in [5.74, 6) is 0.604. The highest BCUT2D eigenvalue weighted by Gasteiger charge is 2.37. The monoisotopic (exact) mass is 661 g/mol. The Labute approximate surface area is 302 Å². The van der Waals surface area contributed by atoms with Crippen LogP contribution in [0.25, 0.3) is 16.8 Å². The van der Waals surface area contributed by atoms with Crippen LogP contribution >= 0.6 is 0 Å². The Hall–Kier alpha value is -4.31. The van der Waals surface area contributed by atoms with Crippen molar-refractivity contribution in [1.82, 2.24) is 15.0 Å². The molecule has 258 valence electrons. The molecule has 4 heteroatoms. The fourth-order valence-electron chi connectivity index (χ4n) is 8.76. The van der Waals surface area contributed by atoms with E-state index in [0.29, 0.717) is 5.92 Å². The lowest BCUT2D eigenvalue weighted by molar-refractivity contribution is 0.584. The quantitative estimate of drug-likeness (QED) is 0.142. The van der Waals surface area contributed by atoms with E-state index in [1.165, 1.54) is 61.1 Å². The molecule has 3 heterocycles. The van der Waals surface area contributed by atoms with E-state index in [9.17, 15) is 0 Å². The molecule has 1 aliphatic carbocycles. The van der Waals surface area contributed by atoms with Gasteiger partial charge in [0.15, 0.2) is 0 Å². The first-order valence-corrected chi connectivity index (χ1v) is 18.7. The van der Waals surface area contributed by atoms with Gasteiger partial charge in [0, 0.05) is 35.8 Å². The molecule has 5 rings (SSSR count). The number of allylic oxidation sites excluding steroid dienone is 8. The molecule has 0 N–H and O–H groups in total. The minimum absolute atomic E-state index is 0.140. The van der Waals surface area contributed by atoms with Crippen LogP contribution < -0.4 is 5.46 Å². The van der Waals surface area contributed by atoms with Crippen molar-refractivity contribution >= 4 is 17.7 Å². The molecule has 0 saturated carbocycles. The number of aromatic nitrogens is 3. The van der Waals surface area contributed by atoms with Gasteiger partial charge in [-0.15, -0.1) is 0 Å². The van der Waals surface area contributed by atoms with Crippen LogP contribution in [0.5, 0.6) is 0 Å². The molecule has 2 unspecified atom stereocenters. The predicted octanol–water partition coefficient (Wildman–Crippen LogP) is 11.7. The molecule has 50 heavy (non-hydrogen) atoms. The summed E-state index contributed by atoms with van der Waals surface area (Å²) in [6.07, 6.45) is 13.5. The number of hydrogen-bond acceptors (Lipinski definition) is 3. The lowest BCUT2D eigenvalue weighted by Crippen LogP contribution is -2.42. The Morgan fingerprint density at radius 1 is 0.740 bits per heavy atom. The molecule has 0 aliphatic heterocycles. The van der Waals surface area contributed by atoms with Crippen LogP contribution in [-0.2, 0) is 0 Å². The lowest BCUT2D eigenvalue weighted by atomic mass is 9.31. The van der Waals surface area contributed by atoms with Crippen molar-refractivity contribution in [1.29, 1.82) is 0 Å². The molecule has 3 aromatic heterocycles. The minimum atomic E-state index is 0.140. The van der Waals surface area contributed by atoms with Gasteiger partial charge in [-0.1, -0.05) is 95.4 Å². The van der Waals surface area contributed by atoms with Crippen molar-refractivity contribution < 1.29 is 0 Å².